The molecule has 3 rings (SSSR count). The van der Waals surface area contributed by atoms with Crippen molar-refractivity contribution in [1.82, 2.24) is 9.66 Å². The largest absolute Gasteiger partial charge is 0.348 e. The third-order valence-electron chi connectivity index (χ3n) is 4.19. The Balaban J connectivity index is 1.92. The lowest BCUT2D eigenvalue weighted by Crippen LogP contribution is -2.29. The summed E-state index contributed by atoms with van der Waals surface area (Å²) in [6, 6.07) is 3.71. The molecule has 0 aliphatic carbocycles. The van der Waals surface area contributed by atoms with Crippen LogP contribution in [0.25, 0.3) is 0 Å². The van der Waals surface area contributed by atoms with E-state index in [0.29, 0.717) is 21.3 Å². The highest BCUT2D eigenvalue weighted by molar-refractivity contribution is 7.17. The monoisotopic (exact) mass is 375 g/mol. The maximum absolute atomic E-state index is 12.4. The van der Waals surface area contributed by atoms with Crippen LogP contribution >= 0.6 is 22.9 Å². The van der Waals surface area contributed by atoms with Gasteiger partial charge in [-0.25, -0.2) is 9.66 Å². The van der Waals surface area contributed by atoms with Gasteiger partial charge >= 0.3 is 0 Å². The molecule has 3 heterocycles. The van der Waals surface area contributed by atoms with Gasteiger partial charge in [-0.15, -0.1) is 0 Å². The van der Waals surface area contributed by atoms with E-state index in [-0.39, 0.29) is 5.56 Å². The van der Waals surface area contributed by atoms with E-state index in [1.54, 1.807) is 26.1 Å². The quantitative estimate of drug-likeness (QED) is 0.771. The molecule has 0 atom stereocenters. The molecule has 0 spiro atoms. The van der Waals surface area contributed by atoms with Crippen molar-refractivity contribution in [3.05, 3.63) is 43.3 Å². The highest BCUT2D eigenvalue weighted by Crippen LogP contribution is 2.30. The molecule has 8 heteroatoms. The Labute approximate surface area is 155 Å². The summed E-state index contributed by atoms with van der Waals surface area (Å²) in [5.74, 6) is 0. The summed E-state index contributed by atoms with van der Waals surface area (Å²) < 4.78 is 1.22. The minimum Gasteiger partial charge on any atom is -0.348 e. The fraction of sp³-hybridized carbons (Fsp3) is 0.412. The fourth-order valence-corrected chi connectivity index (χ4v) is 4.04. The molecule has 1 fully saturated rings. The number of nitrogens with zero attached hydrogens (tertiary/aromatic N) is 5. The van der Waals surface area contributed by atoms with E-state index >= 15 is 0 Å². The third kappa shape index (κ3) is 3.60. The number of nitriles is 1. The smallest absolute Gasteiger partial charge is 0.289 e. The molecule has 130 valence electrons. The van der Waals surface area contributed by atoms with Crippen LogP contribution in [0.1, 0.15) is 41.0 Å². The first-order valence-electron chi connectivity index (χ1n) is 8.10. The van der Waals surface area contributed by atoms with Gasteiger partial charge in [0, 0.05) is 18.8 Å². The van der Waals surface area contributed by atoms with Crippen LogP contribution < -0.4 is 10.5 Å². The van der Waals surface area contributed by atoms with E-state index in [9.17, 15) is 4.79 Å². The van der Waals surface area contributed by atoms with E-state index < -0.39 is 5.56 Å². The Morgan fingerprint density at radius 2 is 2.08 bits per heavy atom. The van der Waals surface area contributed by atoms with Gasteiger partial charge in [-0.3, -0.25) is 4.79 Å². The van der Waals surface area contributed by atoms with Crippen LogP contribution in [0.2, 0.25) is 5.15 Å². The molecule has 1 aliphatic heterocycles. The summed E-state index contributed by atoms with van der Waals surface area (Å²) in [7, 11) is 0. The lowest BCUT2D eigenvalue weighted by molar-refractivity contribution is 0.577. The van der Waals surface area contributed by atoms with Crippen LogP contribution in [-0.4, -0.2) is 29.0 Å². The number of thiazole rings is 1. The van der Waals surface area contributed by atoms with E-state index in [0.717, 1.165) is 31.1 Å². The van der Waals surface area contributed by atoms with Gasteiger partial charge in [0.2, 0.25) is 0 Å². The van der Waals surface area contributed by atoms with Crippen molar-refractivity contribution < 1.29 is 0 Å². The average Bonchev–Trinajstić information content (AvgIpc) is 2.96. The first kappa shape index (κ1) is 17.6. The number of rotatable bonds is 3. The summed E-state index contributed by atoms with van der Waals surface area (Å²) >= 11 is 7.70. The Bertz CT molecular complexity index is 918. The summed E-state index contributed by atoms with van der Waals surface area (Å²) in [5.41, 5.74) is 0.995. The van der Waals surface area contributed by atoms with Crippen LogP contribution in [0.3, 0.4) is 0 Å². The Kier molecular flexibility index (Phi) is 5.21. The van der Waals surface area contributed by atoms with Gasteiger partial charge in [0.05, 0.1) is 11.1 Å². The molecule has 0 amide bonds. The topological polar surface area (TPSA) is 74.3 Å². The highest BCUT2D eigenvalue weighted by Gasteiger charge is 2.17. The van der Waals surface area contributed by atoms with Crippen molar-refractivity contribution in [2.75, 3.05) is 18.0 Å². The second-order valence-corrected chi connectivity index (χ2v) is 7.38. The van der Waals surface area contributed by atoms with Gasteiger partial charge in [-0.05, 0) is 44.7 Å². The predicted octanol–water partition coefficient (Wildman–Crippen LogP) is 3.32. The normalized spacial score (nSPS) is 14.9. The predicted molar refractivity (Wildman–Crippen MR) is 101 cm³/mol. The minimum absolute atomic E-state index is 0.104. The van der Waals surface area contributed by atoms with Gasteiger partial charge in [-0.2, -0.15) is 10.4 Å². The first-order chi connectivity index (χ1) is 12.0. The molecule has 0 N–H and O–H groups in total. The van der Waals surface area contributed by atoms with Gasteiger partial charge in [0.1, 0.15) is 11.6 Å². The molecule has 1 saturated heterocycles. The maximum Gasteiger partial charge on any atom is 0.289 e. The second kappa shape index (κ2) is 7.38. The second-order valence-electron chi connectivity index (χ2n) is 6.02. The van der Waals surface area contributed by atoms with Crippen molar-refractivity contribution in [3.8, 4) is 6.07 Å². The van der Waals surface area contributed by atoms with Crippen molar-refractivity contribution >= 4 is 34.3 Å². The van der Waals surface area contributed by atoms with Crippen molar-refractivity contribution in [2.24, 2.45) is 5.10 Å². The third-order valence-corrected chi connectivity index (χ3v) is 5.64. The van der Waals surface area contributed by atoms with E-state index in [4.69, 9.17) is 16.9 Å². The molecule has 25 heavy (non-hydrogen) atoms. The molecular weight excluding hydrogens is 358 g/mol. The lowest BCUT2D eigenvalue weighted by atomic mass is 10.1. The Morgan fingerprint density at radius 1 is 1.36 bits per heavy atom. The van der Waals surface area contributed by atoms with Crippen LogP contribution in [-0.2, 0) is 0 Å². The zero-order chi connectivity index (χ0) is 18.0. The molecule has 1 aliphatic rings. The standard InChI is InChI=1S/C17H18ClN5OS/c1-11-8-12(2)23(16(24)13(11)9-19)20-10-14-15(18)21-17(25-14)22-6-4-3-5-7-22/h8,10H,3-7H2,1-2H3. The molecule has 0 bridgehead atoms. The molecule has 6 nitrogen and oxygen atoms in total. The van der Waals surface area contributed by atoms with Gasteiger partial charge < -0.3 is 4.90 Å². The number of hydrogen-bond donors (Lipinski definition) is 0. The summed E-state index contributed by atoms with van der Waals surface area (Å²) in [6.07, 6.45) is 5.12. The lowest BCUT2D eigenvalue weighted by Gasteiger charge is -2.25. The summed E-state index contributed by atoms with van der Waals surface area (Å²) in [6.45, 7) is 5.50. The van der Waals surface area contributed by atoms with Gasteiger partial charge in [0.25, 0.3) is 5.56 Å². The number of halogens is 1. The van der Waals surface area contributed by atoms with Crippen molar-refractivity contribution in [1.29, 1.82) is 5.26 Å². The number of aryl methyl sites for hydroxylation is 2. The molecule has 0 saturated carbocycles. The van der Waals surface area contributed by atoms with E-state index in [1.165, 1.54) is 22.4 Å². The SMILES string of the molecule is Cc1cc(C)n(N=Cc2sc(N3CCCCC3)nc2Cl)c(=O)c1C#N. The molecule has 0 aromatic carbocycles. The minimum atomic E-state index is -0.423. The molecule has 0 unspecified atom stereocenters. The fourth-order valence-electron chi connectivity index (χ4n) is 2.87. The van der Waals surface area contributed by atoms with Crippen LogP contribution in [0.5, 0.6) is 0 Å². The summed E-state index contributed by atoms with van der Waals surface area (Å²) in [5, 5.41) is 14.6. The molecule has 2 aromatic rings. The maximum atomic E-state index is 12.4. The Morgan fingerprint density at radius 3 is 2.76 bits per heavy atom. The van der Waals surface area contributed by atoms with Crippen molar-refractivity contribution in [2.45, 2.75) is 33.1 Å². The zero-order valence-electron chi connectivity index (χ0n) is 14.1. The zero-order valence-corrected chi connectivity index (χ0v) is 15.7. The average molecular weight is 376 g/mol. The van der Waals surface area contributed by atoms with Crippen LogP contribution in [0.15, 0.2) is 16.0 Å². The van der Waals surface area contributed by atoms with E-state index in [2.05, 4.69) is 15.0 Å². The molecule has 0 radical (unpaired) electrons. The molecular formula is C17H18ClN5OS. The van der Waals surface area contributed by atoms with Crippen LogP contribution in [0, 0.1) is 25.2 Å². The number of anilines is 1. The van der Waals surface area contributed by atoms with Gasteiger partial charge in [0.15, 0.2) is 10.3 Å². The highest BCUT2D eigenvalue weighted by atomic mass is 35.5. The number of aromatic nitrogens is 2. The number of pyridine rings is 1. The van der Waals surface area contributed by atoms with Crippen molar-refractivity contribution in [3.63, 3.8) is 0 Å². The molecule has 2 aromatic heterocycles. The van der Waals surface area contributed by atoms with Gasteiger partial charge in [-0.1, -0.05) is 22.9 Å². The van der Waals surface area contributed by atoms with E-state index in [1.807, 2.05) is 6.07 Å². The first-order valence-corrected chi connectivity index (χ1v) is 9.29. The Hall–Kier alpha value is -2.17. The number of hydrogen-bond acceptors (Lipinski definition) is 6. The summed E-state index contributed by atoms with van der Waals surface area (Å²) in [4.78, 5) is 19.7. The van der Waals surface area contributed by atoms with Crippen LogP contribution in [0.4, 0.5) is 5.13 Å². The number of piperidine rings is 1.